The fraction of sp³-hybridized carbons (Fsp3) is 0.121. The molecule has 7 heteroatoms. The summed E-state index contributed by atoms with van der Waals surface area (Å²) >= 11 is 1.37. The van der Waals surface area contributed by atoms with Crippen molar-refractivity contribution in [2.75, 3.05) is 16.4 Å². The van der Waals surface area contributed by atoms with Gasteiger partial charge in [0.25, 0.3) is 11.8 Å². The van der Waals surface area contributed by atoms with Crippen molar-refractivity contribution in [1.82, 2.24) is 5.32 Å². The molecule has 40 heavy (non-hydrogen) atoms. The summed E-state index contributed by atoms with van der Waals surface area (Å²) in [4.78, 5) is 39.6. The van der Waals surface area contributed by atoms with Crippen LogP contribution in [0.15, 0.2) is 108 Å². The maximum Gasteiger partial charge on any atom is 0.272 e. The Morgan fingerprint density at radius 3 is 2.25 bits per heavy atom. The molecule has 6 nitrogen and oxygen atoms in total. The molecule has 4 aromatic rings. The Labute approximate surface area is 238 Å². The molecule has 0 fully saturated rings. The Morgan fingerprint density at radius 1 is 0.750 bits per heavy atom. The number of carbonyl (C=O) groups excluding carboxylic acids is 3. The van der Waals surface area contributed by atoms with Gasteiger partial charge < -0.3 is 16.0 Å². The van der Waals surface area contributed by atoms with E-state index in [0.29, 0.717) is 11.3 Å². The zero-order valence-electron chi connectivity index (χ0n) is 22.7. The molecule has 0 radical (unpaired) electrons. The lowest BCUT2D eigenvalue weighted by Gasteiger charge is -2.12. The zero-order chi connectivity index (χ0) is 28.5. The number of hydrogen-bond acceptors (Lipinski definition) is 4. The molecule has 0 aliphatic carbocycles. The Kier molecular flexibility index (Phi) is 9.54. The second kappa shape index (κ2) is 13.4. The molecule has 0 saturated carbocycles. The Hall–Kier alpha value is -4.62. The van der Waals surface area contributed by atoms with Crippen LogP contribution in [-0.2, 0) is 9.59 Å². The third-order valence-electron chi connectivity index (χ3n) is 6.00. The number of hydrogen-bond donors (Lipinski definition) is 3. The van der Waals surface area contributed by atoms with E-state index in [0.717, 1.165) is 32.8 Å². The minimum atomic E-state index is -0.458. The van der Waals surface area contributed by atoms with Crippen LogP contribution >= 0.6 is 11.8 Å². The lowest BCUT2D eigenvalue weighted by molar-refractivity contribution is -0.114. The van der Waals surface area contributed by atoms with Gasteiger partial charge in [-0.2, -0.15) is 0 Å². The van der Waals surface area contributed by atoms with Crippen molar-refractivity contribution < 1.29 is 14.4 Å². The molecule has 0 aliphatic heterocycles. The standard InChI is InChI=1S/C33H31N3O3S/c1-22-9-7-10-25(18-22)19-30(36-32(38)26-11-5-4-6-12-26)33(39)34-27-13-8-14-28(20-27)40-21-31(37)35-29-16-15-23(2)17-24(29)3/h4-20H,21H2,1-3H3,(H,34,39)(H,35,37)(H,36,38)/b30-19+. The summed E-state index contributed by atoms with van der Waals surface area (Å²) < 4.78 is 0. The van der Waals surface area contributed by atoms with Crippen LogP contribution in [0, 0.1) is 20.8 Å². The highest BCUT2D eigenvalue weighted by molar-refractivity contribution is 8.00. The molecule has 0 unspecified atom stereocenters. The molecule has 0 saturated heterocycles. The molecule has 0 heterocycles. The molecule has 4 rings (SSSR count). The van der Waals surface area contributed by atoms with Gasteiger partial charge in [-0.1, -0.05) is 71.8 Å². The van der Waals surface area contributed by atoms with Crippen LogP contribution in [0.4, 0.5) is 11.4 Å². The molecule has 3 N–H and O–H groups in total. The van der Waals surface area contributed by atoms with E-state index in [9.17, 15) is 14.4 Å². The van der Waals surface area contributed by atoms with Crippen LogP contribution in [0.5, 0.6) is 0 Å². The molecule has 0 bridgehead atoms. The van der Waals surface area contributed by atoms with Crippen LogP contribution in [0.25, 0.3) is 6.08 Å². The van der Waals surface area contributed by atoms with Crippen molar-refractivity contribution >= 4 is 46.9 Å². The zero-order valence-corrected chi connectivity index (χ0v) is 23.5. The van der Waals surface area contributed by atoms with Crippen molar-refractivity contribution in [2.45, 2.75) is 25.7 Å². The molecular weight excluding hydrogens is 518 g/mol. The Bertz CT molecular complexity index is 1560. The molecule has 0 spiro atoms. The van der Waals surface area contributed by atoms with E-state index in [-0.39, 0.29) is 23.3 Å². The number of anilines is 2. The average Bonchev–Trinajstić information content (AvgIpc) is 2.94. The normalized spacial score (nSPS) is 11.0. The predicted octanol–water partition coefficient (Wildman–Crippen LogP) is 6.75. The highest BCUT2D eigenvalue weighted by atomic mass is 32.2. The van der Waals surface area contributed by atoms with E-state index in [2.05, 4.69) is 16.0 Å². The van der Waals surface area contributed by atoms with Crippen molar-refractivity contribution in [3.05, 3.63) is 131 Å². The van der Waals surface area contributed by atoms with Gasteiger partial charge in [0.05, 0.1) is 5.75 Å². The van der Waals surface area contributed by atoms with E-state index in [1.165, 1.54) is 11.8 Å². The van der Waals surface area contributed by atoms with E-state index >= 15 is 0 Å². The van der Waals surface area contributed by atoms with Gasteiger partial charge in [0, 0.05) is 21.8 Å². The molecular formula is C33H31N3O3S. The Morgan fingerprint density at radius 2 is 1.50 bits per heavy atom. The van der Waals surface area contributed by atoms with E-state index in [1.807, 2.05) is 81.4 Å². The number of rotatable bonds is 9. The van der Waals surface area contributed by atoms with Gasteiger partial charge in [-0.15, -0.1) is 11.8 Å². The van der Waals surface area contributed by atoms with Crippen molar-refractivity contribution in [3.8, 4) is 0 Å². The molecule has 202 valence electrons. The van der Waals surface area contributed by atoms with Crippen molar-refractivity contribution in [3.63, 3.8) is 0 Å². The fourth-order valence-electron chi connectivity index (χ4n) is 4.02. The second-order valence-corrected chi connectivity index (χ2v) is 10.5. The summed E-state index contributed by atoms with van der Waals surface area (Å²) in [5.41, 5.74) is 5.88. The molecule has 0 aromatic heterocycles. The van der Waals surface area contributed by atoms with Crippen LogP contribution in [0.3, 0.4) is 0 Å². The fourth-order valence-corrected chi connectivity index (χ4v) is 4.78. The first-order valence-electron chi connectivity index (χ1n) is 12.8. The van der Waals surface area contributed by atoms with Gasteiger partial charge in [-0.3, -0.25) is 14.4 Å². The van der Waals surface area contributed by atoms with Crippen LogP contribution in [0.1, 0.15) is 32.6 Å². The predicted molar refractivity (Wildman–Crippen MR) is 163 cm³/mol. The van der Waals surface area contributed by atoms with Gasteiger partial charge in [0.15, 0.2) is 0 Å². The van der Waals surface area contributed by atoms with Gasteiger partial charge in [-0.05, 0) is 74.4 Å². The molecule has 4 aromatic carbocycles. The Balaban J connectivity index is 1.45. The van der Waals surface area contributed by atoms with E-state index < -0.39 is 5.91 Å². The van der Waals surface area contributed by atoms with E-state index in [1.54, 1.807) is 42.5 Å². The molecule has 3 amide bonds. The summed E-state index contributed by atoms with van der Waals surface area (Å²) in [5.74, 6) is -0.733. The highest BCUT2D eigenvalue weighted by Crippen LogP contribution is 2.23. The first-order chi connectivity index (χ1) is 19.3. The summed E-state index contributed by atoms with van der Waals surface area (Å²) in [6.45, 7) is 5.94. The third-order valence-corrected chi connectivity index (χ3v) is 6.99. The van der Waals surface area contributed by atoms with Gasteiger partial charge in [-0.25, -0.2) is 0 Å². The lowest BCUT2D eigenvalue weighted by atomic mass is 10.1. The minimum Gasteiger partial charge on any atom is -0.325 e. The second-order valence-electron chi connectivity index (χ2n) is 9.43. The van der Waals surface area contributed by atoms with Crippen LogP contribution in [-0.4, -0.2) is 23.5 Å². The number of amides is 3. The highest BCUT2D eigenvalue weighted by Gasteiger charge is 2.15. The van der Waals surface area contributed by atoms with Gasteiger partial charge >= 0.3 is 0 Å². The number of aryl methyl sites for hydroxylation is 3. The van der Waals surface area contributed by atoms with Crippen LogP contribution in [0.2, 0.25) is 0 Å². The number of thioether (sulfide) groups is 1. The summed E-state index contributed by atoms with van der Waals surface area (Å²) in [6, 6.07) is 29.6. The molecule has 0 atom stereocenters. The summed E-state index contributed by atoms with van der Waals surface area (Å²) in [6.07, 6.45) is 1.65. The summed E-state index contributed by atoms with van der Waals surface area (Å²) in [5, 5.41) is 8.59. The van der Waals surface area contributed by atoms with Crippen molar-refractivity contribution in [1.29, 1.82) is 0 Å². The van der Waals surface area contributed by atoms with Gasteiger partial charge in [0.2, 0.25) is 5.91 Å². The first-order valence-corrected chi connectivity index (χ1v) is 13.8. The quantitative estimate of drug-likeness (QED) is 0.159. The maximum absolute atomic E-state index is 13.3. The maximum atomic E-state index is 13.3. The van der Waals surface area contributed by atoms with Crippen molar-refractivity contribution in [2.24, 2.45) is 0 Å². The first kappa shape index (κ1) is 28.4. The number of nitrogens with one attached hydrogen (secondary N) is 3. The van der Waals surface area contributed by atoms with Gasteiger partial charge in [0.1, 0.15) is 5.70 Å². The molecule has 0 aliphatic rings. The summed E-state index contributed by atoms with van der Waals surface area (Å²) in [7, 11) is 0. The van der Waals surface area contributed by atoms with E-state index in [4.69, 9.17) is 0 Å². The largest absolute Gasteiger partial charge is 0.325 e. The lowest BCUT2D eigenvalue weighted by Crippen LogP contribution is -2.30. The third kappa shape index (κ3) is 8.19. The SMILES string of the molecule is Cc1cccc(/C=C(/NC(=O)c2ccccc2)C(=O)Nc2cccc(SCC(=O)Nc3ccc(C)cc3C)c2)c1. The monoisotopic (exact) mass is 549 g/mol. The minimum absolute atomic E-state index is 0.113. The van der Waals surface area contributed by atoms with Crippen LogP contribution < -0.4 is 16.0 Å². The number of carbonyl (C=O) groups is 3. The smallest absolute Gasteiger partial charge is 0.272 e. The number of benzene rings is 4. The average molecular weight is 550 g/mol. The topological polar surface area (TPSA) is 87.3 Å².